The Labute approximate surface area is 188 Å². The van der Waals surface area contributed by atoms with Gasteiger partial charge in [-0.15, -0.1) is 0 Å². The second-order valence-corrected chi connectivity index (χ2v) is 11.7. The van der Waals surface area contributed by atoms with E-state index in [1.807, 2.05) is 0 Å². The van der Waals surface area contributed by atoms with Crippen molar-refractivity contribution in [1.29, 1.82) is 0 Å². The monoisotopic (exact) mass is 509 g/mol. The van der Waals surface area contributed by atoms with Crippen LogP contribution in [0.15, 0.2) is 53.9 Å². The highest BCUT2D eigenvalue weighted by molar-refractivity contribution is 7.92. The minimum Gasteiger partial charge on any atom is -0.223 e. The molecule has 3 rings (SSSR count). The minimum atomic E-state index is -5.65. The Balaban J connectivity index is 2.06. The summed E-state index contributed by atoms with van der Waals surface area (Å²) in [5, 5.41) is 0. The molecular weight excluding hydrogens is 489 g/mol. The van der Waals surface area contributed by atoms with E-state index in [1.165, 1.54) is 35.1 Å². The van der Waals surface area contributed by atoms with Gasteiger partial charge in [0.15, 0.2) is 9.84 Å². The Kier molecular flexibility index (Phi) is 6.75. The number of hydrogen-bond donors (Lipinski definition) is 1. The number of hydrogen-bond acceptors (Lipinski definition) is 4. The van der Waals surface area contributed by atoms with E-state index in [9.17, 15) is 38.8 Å². The smallest absolute Gasteiger partial charge is 0.223 e. The lowest BCUT2D eigenvalue weighted by molar-refractivity contribution is -0.0452. The Hall–Kier alpha value is -2.31. The number of sulfone groups is 1. The van der Waals surface area contributed by atoms with Crippen molar-refractivity contribution in [3.05, 3.63) is 71.8 Å². The van der Waals surface area contributed by atoms with Crippen molar-refractivity contribution in [3.8, 4) is 0 Å². The molecule has 1 saturated carbocycles. The fraction of sp³-hybridized carbons (Fsp3) is 0.333. The van der Waals surface area contributed by atoms with Crippen LogP contribution < -0.4 is 4.72 Å². The molecule has 0 atom stereocenters. The Morgan fingerprint density at radius 2 is 1.55 bits per heavy atom. The normalized spacial score (nSPS) is 22.2. The Morgan fingerprint density at radius 3 is 2.06 bits per heavy atom. The largest absolute Gasteiger partial charge is 0.511 e. The van der Waals surface area contributed by atoms with Crippen molar-refractivity contribution < 1.29 is 38.8 Å². The highest BCUT2D eigenvalue weighted by Crippen LogP contribution is 2.48. The van der Waals surface area contributed by atoms with Crippen LogP contribution in [0.25, 0.3) is 6.08 Å². The molecule has 0 spiro atoms. The zero-order chi connectivity index (χ0) is 24.7. The quantitative estimate of drug-likeness (QED) is 0.575. The highest BCUT2D eigenvalue weighted by atomic mass is 32.2. The molecule has 0 aromatic heterocycles. The topological polar surface area (TPSA) is 80.3 Å². The van der Waals surface area contributed by atoms with E-state index in [2.05, 4.69) is 6.58 Å². The summed E-state index contributed by atoms with van der Waals surface area (Å²) < 4.78 is 117. The molecule has 12 heteroatoms. The lowest BCUT2D eigenvalue weighted by atomic mass is 9.80. The number of benzene rings is 2. The average Bonchev–Trinajstić information content (AvgIpc) is 2.75. The standard InChI is InChI=1S/C21H20F5NO4S2/c1-2-14-3-6-17(7-4-14)32(28,29)20(18-13-15(22)5-8-19(18)23)11-9-16(10-12-20)27-33(30,31)21(24,25)26/h2-8,13,16,27H,1,9-12H2. The molecule has 1 aliphatic rings. The second kappa shape index (κ2) is 8.80. The molecule has 2 aromatic carbocycles. The van der Waals surface area contributed by atoms with Gasteiger partial charge in [0.2, 0.25) is 0 Å². The van der Waals surface area contributed by atoms with Crippen molar-refractivity contribution in [2.45, 2.75) is 46.9 Å². The molecular formula is C21H20F5NO4S2. The van der Waals surface area contributed by atoms with Crippen LogP contribution in [-0.4, -0.2) is 28.4 Å². The zero-order valence-electron chi connectivity index (χ0n) is 17.1. The third-order valence-electron chi connectivity index (χ3n) is 5.78. The predicted molar refractivity (Wildman–Crippen MR) is 112 cm³/mol. The third-order valence-corrected chi connectivity index (χ3v) is 9.58. The van der Waals surface area contributed by atoms with Gasteiger partial charge in [0.25, 0.3) is 0 Å². The van der Waals surface area contributed by atoms with Crippen LogP contribution in [0.3, 0.4) is 0 Å². The first-order valence-electron chi connectivity index (χ1n) is 9.75. The van der Waals surface area contributed by atoms with Crippen molar-refractivity contribution in [2.24, 2.45) is 0 Å². The molecule has 2 aromatic rings. The summed E-state index contributed by atoms with van der Waals surface area (Å²) in [5.74, 6) is -1.88. The van der Waals surface area contributed by atoms with Crippen molar-refractivity contribution in [3.63, 3.8) is 0 Å². The Morgan fingerprint density at radius 1 is 0.970 bits per heavy atom. The summed E-state index contributed by atoms with van der Waals surface area (Å²) >= 11 is 0. The highest BCUT2D eigenvalue weighted by Gasteiger charge is 2.52. The van der Waals surface area contributed by atoms with E-state index in [0.29, 0.717) is 5.56 Å². The van der Waals surface area contributed by atoms with Crippen LogP contribution >= 0.6 is 0 Å². The number of sulfonamides is 1. The SMILES string of the molecule is C=Cc1ccc(S(=O)(=O)C2(c3cc(F)ccc3F)CCC(NS(=O)(=O)C(F)(F)F)CC2)cc1. The van der Waals surface area contributed by atoms with Crippen molar-refractivity contribution in [1.82, 2.24) is 4.72 Å². The molecule has 0 saturated heterocycles. The molecule has 0 unspecified atom stereocenters. The van der Waals surface area contributed by atoms with E-state index in [1.54, 1.807) is 0 Å². The summed E-state index contributed by atoms with van der Waals surface area (Å²) in [4.78, 5) is -0.189. The lowest BCUT2D eigenvalue weighted by Gasteiger charge is -2.40. The van der Waals surface area contributed by atoms with Crippen LogP contribution in [0.4, 0.5) is 22.0 Å². The van der Waals surface area contributed by atoms with Crippen molar-refractivity contribution in [2.75, 3.05) is 0 Å². The second-order valence-electron chi connectivity index (χ2n) is 7.74. The summed E-state index contributed by atoms with van der Waals surface area (Å²) in [7, 11) is -10.0. The van der Waals surface area contributed by atoms with Gasteiger partial charge in [0.05, 0.1) is 4.90 Å². The van der Waals surface area contributed by atoms with Gasteiger partial charge in [-0.1, -0.05) is 24.8 Å². The fourth-order valence-corrected chi connectivity index (χ4v) is 7.00. The summed E-state index contributed by atoms with van der Waals surface area (Å²) in [6.45, 7) is 3.57. The van der Waals surface area contributed by atoms with Crippen molar-refractivity contribution >= 4 is 25.9 Å². The predicted octanol–water partition coefficient (Wildman–Crippen LogP) is 4.66. The van der Waals surface area contributed by atoms with Crippen LogP contribution in [0.5, 0.6) is 0 Å². The first-order chi connectivity index (χ1) is 15.2. The molecule has 0 radical (unpaired) electrons. The van der Waals surface area contributed by atoms with Crippen LogP contribution in [0.2, 0.25) is 0 Å². The first kappa shape index (κ1) is 25.3. The molecule has 1 fully saturated rings. The van der Waals surface area contributed by atoms with Gasteiger partial charge in [-0.25, -0.2) is 30.3 Å². The summed E-state index contributed by atoms with van der Waals surface area (Å²) in [6, 6.07) is 6.64. The molecule has 0 amide bonds. The number of rotatable bonds is 6. The van der Waals surface area contributed by atoms with Gasteiger partial charge in [-0.2, -0.15) is 13.2 Å². The number of nitrogens with one attached hydrogen (secondary N) is 1. The third kappa shape index (κ3) is 4.69. The number of halogens is 5. The van der Waals surface area contributed by atoms with Crippen LogP contribution in [0.1, 0.15) is 36.8 Å². The van der Waals surface area contributed by atoms with E-state index in [-0.39, 0.29) is 17.7 Å². The van der Waals surface area contributed by atoms with Gasteiger partial charge >= 0.3 is 15.5 Å². The molecule has 0 heterocycles. The van der Waals surface area contributed by atoms with E-state index >= 15 is 0 Å². The molecule has 1 N–H and O–H groups in total. The van der Waals surface area contributed by atoms with Crippen LogP contribution in [0, 0.1) is 11.6 Å². The van der Waals surface area contributed by atoms with Gasteiger partial charge in [0, 0.05) is 11.6 Å². The van der Waals surface area contributed by atoms with Gasteiger partial charge < -0.3 is 0 Å². The zero-order valence-corrected chi connectivity index (χ0v) is 18.7. The molecule has 5 nitrogen and oxygen atoms in total. The van der Waals surface area contributed by atoms with Crippen LogP contribution in [-0.2, 0) is 24.6 Å². The van der Waals surface area contributed by atoms with Gasteiger partial charge in [-0.3, -0.25) is 0 Å². The molecule has 33 heavy (non-hydrogen) atoms. The molecule has 1 aliphatic carbocycles. The van der Waals surface area contributed by atoms with E-state index in [0.717, 1.165) is 18.2 Å². The molecule has 0 aliphatic heterocycles. The first-order valence-corrected chi connectivity index (χ1v) is 12.7. The summed E-state index contributed by atoms with van der Waals surface area (Å²) in [5.41, 5.74) is -5.37. The average molecular weight is 510 g/mol. The van der Waals surface area contributed by atoms with E-state index < -0.39 is 66.2 Å². The fourth-order valence-electron chi connectivity index (χ4n) is 4.03. The minimum absolute atomic E-state index is 0.189. The number of alkyl halides is 3. The summed E-state index contributed by atoms with van der Waals surface area (Å²) in [6.07, 6.45) is -0.0469. The van der Waals surface area contributed by atoms with Gasteiger partial charge in [0.1, 0.15) is 16.4 Å². The molecule has 180 valence electrons. The van der Waals surface area contributed by atoms with Gasteiger partial charge in [-0.05, 0) is 61.6 Å². The maximum Gasteiger partial charge on any atom is 0.511 e. The molecule has 0 bridgehead atoms. The van der Waals surface area contributed by atoms with E-state index in [4.69, 9.17) is 0 Å². The Bertz CT molecular complexity index is 1250. The maximum atomic E-state index is 14.8. The maximum absolute atomic E-state index is 14.8. The lowest BCUT2D eigenvalue weighted by Crippen LogP contribution is -2.48.